The Morgan fingerprint density at radius 1 is 1.20 bits per heavy atom. The van der Waals surface area contributed by atoms with E-state index in [4.69, 9.17) is 4.74 Å². The fraction of sp³-hybridized carbons (Fsp3) is 0.611. The number of benzene rings is 1. The first-order valence-electron chi connectivity index (χ1n) is 8.68. The number of rotatable bonds is 5. The Hall–Kier alpha value is -1.60. The molecule has 0 saturated carbocycles. The predicted octanol–water partition coefficient (Wildman–Crippen LogP) is 2.40. The largest absolute Gasteiger partial charge is 0.494 e. The van der Waals surface area contributed by atoms with Gasteiger partial charge in [0.25, 0.3) is 0 Å². The zero-order valence-corrected chi connectivity index (χ0v) is 16.2. The van der Waals surface area contributed by atoms with Crippen molar-refractivity contribution in [3.8, 4) is 5.75 Å². The number of hydrogen-bond donors (Lipinski definition) is 1. The standard InChI is InChI=1S/C18H28N2O4S/c1-5-24-15-6-8-16(9-7-15)25(22,23)20-12-10-14(11-13-20)19-17(21)18(2,3)4/h6-9,14H,5,10-13H2,1-4H3,(H,19,21). The van der Waals surface area contributed by atoms with Gasteiger partial charge in [-0.3, -0.25) is 4.79 Å². The summed E-state index contributed by atoms with van der Waals surface area (Å²) in [6.45, 7) is 8.85. The Bertz CT molecular complexity index is 685. The zero-order chi connectivity index (χ0) is 18.7. The molecule has 0 radical (unpaired) electrons. The molecule has 0 aliphatic carbocycles. The lowest BCUT2D eigenvalue weighted by Crippen LogP contribution is -2.48. The van der Waals surface area contributed by atoms with Crippen molar-refractivity contribution < 1.29 is 17.9 Å². The van der Waals surface area contributed by atoms with Crippen LogP contribution in [0.4, 0.5) is 0 Å². The number of hydrogen-bond acceptors (Lipinski definition) is 4. The van der Waals surface area contributed by atoms with Gasteiger partial charge in [0.1, 0.15) is 5.75 Å². The average molecular weight is 368 g/mol. The minimum atomic E-state index is -3.51. The summed E-state index contributed by atoms with van der Waals surface area (Å²) >= 11 is 0. The fourth-order valence-corrected chi connectivity index (χ4v) is 4.14. The fourth-order valence-electron chi connectivity index (χ4n) is 2.67. The Kier molecular flexibility index (Phi) is 6.11. The van der Waals surface area contributed by atoms with Crippen LogP contribution in [0, 0.1) is 5.41 Å². The minimum Gasteiger partial charge on any atom is -0.494 e. The molecule has 140 valence electrons. The van der Waals surface area contributed by atoms with Crippen molar-refractivity contribution in [2.75, 3.05) is 19.7 Å². The zero-order valence-electron chi connectivity index (χ0n) is 15.4. The Morgan fingerprint density at radius 2 is 1.76 bits per heavy atom. The summed E-state index contributed by atoms with van der Waals surface area (Å²) in [5, 5.41) is 3.02. The maximum atomic E-state index is 12.7. The van der Waals surface area contributed by atoms with Gasteiger partial charge in [-0.2, -0.15) is 4.31 Å². The number of nitrogens with one attached hydrogen (secondary N) is 1. The quantitative estimate of drug-likeness (QED) is 0.866. The molecule has 1 aromatic carbocycles. The molecule has 1 saturated heterocycles. The Morgan fingerprint density at radius 3 is 2.24 bits per heavy atom. The van der Waals surface area contributed by atoms with Gasteiger partial charge in [0.05, 0.1) is 11.5 Å². The molecule has 1 amide bonds. The van der Waals surface area contributed by atoms with E-state index in [-0.39, 0.29) is 16.8 Å². The molecule has 1 aliphatic heterocycles. The molecule has 0 atom stereocenters. The number of nitrogens with zero attached hydrogens (tertiary/aromatic N) is 1. The van der Waals surface area contributed by atoms with E-state index < -0.39 is 15.4 Å². The topological polar surface area (TPSA) is 75.7 Å². The van der Waals surface area contributed by atoms with Crippen LogP contribution in [0.25, 0.3) is 0 Å². The van der Waals surface area contributed by atoms with Gasteiger partial charge < -0.3 is 10.1 Å². The van der Waals surface area contributed by atoms with Crippen molar-refractivity contribution in [1.82, 2.24) is 9.62 Å². The van der Waals surface area contributed by atoms with Gasteiger partial charge in [-0.15, -0.1) is 0 Å². The Balaban J connectivity index is 1.98. The van der Waals surface area contributed by atoms with E-state index in [1.54, 1.807) is 24.3 Å². The number of ether oxygens (including phenoxy) is 1. The van der Waals surface area contributed by atoms with Crippen LogP contribution in [0.3, 0.4) is 0 Å². The third kappa shape index (κ3) is 4.95. The average Bonchev–Trinajstić information content (AvgIpc) is 2.55. The van der Waals surface area contributed by atoms with Gasteiger partial charge in [-0.25, -0.2) is 8.42 Å². The highest BCUT2D eigenvalue weighted by Gasteiger charge is 2.31. The number of piperidine rings is 1. The molecule has 1 N–H and O–H groups in total. The molecular weight excluding hydrogens is 340 g/mol. The van der Waals surface area contributed by atoms with Crippen LogP contribution < -0.4 is 10.1 Å². The van der Waals surface area contributed by atoms with Crippen LogP contribution in [-0.2, 0) is 14.8 Å². The van der Waals surface area contributed by atoms with Gasteiger partial charge in [0.15, 0.2) is 0 Å². The molecule has 7 heteroatoms. The summed E-state index contributed by atoms with van der Waals surface area (Å²) in [4.78, 5) is 12.3. The number of carbonyl (C=O) groups excluding carboxylic acids is 1. The second-order valence-electron chi connectivity index (χ2n) is 7.31. The van der Waals surface area contributed by atoms with Gasteiger partial charge in [-0.1, -0.05) is 20.8 Å². The first kappa shape index (κ1) is 19.7. The number of sulfonamides is 1. The van der Waals surface area contributed by atoms with E-state index in [9.17, 15) is 13.2 Å². The minimum absolute atomic E-state index is 0.000296. The summed E-state index contributed by atoms with van der Waals surface area (Å²) in [6, 6.07) is 6.53. The molecule has 1 aromatic rings. The maximum absolute atomic E-state index is 12.7. The van der Waals surface area contributed by atoms with Crippen LogP contribution >= 0.6 is 0 Å². The molecular formula is C18H28N2O4S. The lowest BCUT2D eigenvalue weighted by atomic mass is 9.94. The molecule has 0 bridgehead atoms. The molecule has 0 unspecified atom stereocenters. The van der Waals surface area contributed by atoms with Crippen molar-refractivity contribution in [3.05, 3.63) is 24.3 Å². The molecule has 2 rings (SSSR count). The van der Waals surface area contributed by atoms with Gasteiger partial charge in [-0.05, 0) is 44.0 Å². The van der Waals surface area contributed by atoms with Crippen LogP contribution in [0.1, 0.15) is 40.5 Å². The highest BCUT2D eigenvalue weighted by Crippen LogP contribution is 2.23. The first-order valence-corrected chi connectivity index (χ1v) is 10.1. The second-order valence-corrected chi connectivity index (χ2v) is 9.24. The number of amides is 1. The molecule has 1 fully saturated rings. The Labute approximate surface area is 150 Å². The third-order valence-corrected chi connectivity index (χ3v) is 6.16. The van der Waals surface area contributed by atoms with Crippen molar-refractivity contribution in [1.29, 1.82) is 0 Å². The van der Waals surface area contributed by atoms with Gasteiger partial charge in [0.2, 0.25) is 15.9 Å². The highest BCUT2D eigenvalue weighted by molar-refractivity contribution is 7.89. The molecule has 1 heterocycles. The monoisotopic (exact) mass is 368 g/mol. The van der Waals surface area contributed by atoms with Crippen molar-refractivity contribution in [2.24, 2.45) is 5.41 Å². The summed E-state index contributed by atoms with van der Waals surface area (Å²) in [7, 11) is -3.51. The van der Waals surface area contributed by atoms with Crippen molar-refractivity contribution >= 4 is 15.9 Å². The van der Waals surface area contributed by atoms with Crippen LogP contribution in [-0.4, -0.2) is 44.4 Å². The summed E-state index contributed by atoms with van der Waals surface area (Å²) in [5.41, 5.74) is -0.439. The van der Waals surface area contributed by atoms with Crippen molar-refractivity contribution in [2.45, 2.75) is 51.5 Å². The summed E-state index contributed by atoms with van der Waals surface area (Å²) in [5.74, 6) is 0.658. The molecule has 1 aliphatic rings. The van der Waals surface area contributed by atoms with E-state index in [0.717, 1.165) is 0 Å². The molecule has 0 spiro atoms. The lowest BCUT2D eigenvalue weighted by molar-refractivity contribution is -0.129. The second kappa shape index (κ2) is 7.74. The van der Waals surface area contributed by atoms with Crippen LogP contribution in [0.15, 0.2) is 29.2 Å². The molecule has 25 heavy (non-hydrogen) atoms. The maximum Gasteiger partial charge on any atom is 0.243 e. The van der Waals surface area contributed by atoms with E-state index in [2.05, 4.69) is 5.32 Å². The van der Waals surface area contributed by atoms with E-state index in [0.29, 0.717) is 38.3 Å². The van der Waals surface area contributed by atoms with Crippen molar-refractivity contribution in [3.63, 3.8) is 0 Å². The van der Waals surface area contributed by atoms with Crippen LogP contribution in [0.5, 0.6) is 5.75 Å². The van der Waals surface area contributed by atoms with E-state index in [1.165, 1.54) is 4.31 Å². The SMILES string of the molecule is CCOc1ccc(S(=O)(=O)N2CCC(NC(=O)C(C)(C)C)CC2)cc1. The third-order valence-electron chi connectivity index (χ3n) is 4.24. The normalized spacial score (nSPS) is 17.3. The summed E-state index contributed by atoms with van der Waals surface area (Å²) in [6.07, 6.45) is 1.25. The highest BCUT2D eigenvalue weighted by atomic mass is 32.2. The number of carbonyl (C=O) groups is 1. The van der Waals surface area contributed by atoms with E-state index in [1.807, 2.05) is 27.7 Å². The van der Waals surface area contributed by atoms with Crippen LogP contribution in [0.2, 0.25) is 0 Å². The summed E-state index contributed by atoms with van der Waals surface area (Å²) < 4.78 is 32.3. The smallest absolute Gasteiger partial charge is 0.243 e. The predicted molar refractivity (Wildman–Crippen MR) is 97.0 cm³/mol. The van der Waals surface area contributed by atoms with Gasteiger partial charge in [0, 0.05) is 24.5 Å². The van der Waals surface area contributed by atoms with Gasteiger partial charge >= 0.3 is 0 Å². The molecule has 0 aromatic heterocycles. The molecule has 6 nitrogen and oxygen atoms in total. The lowest BCUT2D eigenvalue weighted by Gasteiger charge is -2.33. The van der Waals surface area contributed by atoms with E-state index >= 15 is 0 Å². The first-order chi connectivity index (χ1) is 11.6.